The Kier molecular flexibility index (Phi) is 6.77. The van der Waals surface area contributed by atoms with Gasteiger partial charge in [0.15, 0.2) is 0 Å². The van der Waals surface area contributed by atoms with Gasteiger partial charge in [-0.25, -0.2) is 4.79 Å². The molecular weight excluding hydrogens is 404 g/mol. The molecule has 0 heterocycles. The van der Waals surface area contributed by atoms with Crippen LogP contribution in [0.3, 0.4) is 0 Å². The molecule has 0 spiro atoms. The van der Waals surface area contributed by atoms with Crippen LogP contribution in [0.25, 0.3) is 0 Å². The van der Waals surface area contributed by atoms with E-state index in [9.17, 15) is 19.5 Å². The fraction of sp³-hybridized carbons (Fsp3) is 0.500. The maximum Gasteiger partial charge on any atom is 0.332 e. The molecule has 1 aliphatic rings. The van der Waals surface area contributed by atoms with Crippen LogP contribution < -0.4 is 10.6 Å². The Morgan fingerprint density at radius 2 is 2.00 bits per heavy atom. The SMILES string of the molecule is CC(C)OC(=O)C1(NC(=O)C(CO)NC(=O)c2cccc(Br)c2)CCC1. The van der Waals surface area contributed by atoms with Crippen LogP contribution in [0.5, 0.6) is 0 Å². The van der Waals surface area contributed by atoms with Crippen molar-refractivity contribution in [2.24, 2.45) is 0 Å². The molecule has 1 unspecified atom stereocenters. The summed E-state index contributed by atoms with van der Waals surface area (Å²) in [4.78, 5) is 37.1. The number of ether oxygens (including phenoxy) is 1. The average Bonchev–Trinajstić information content (AvgIpc) is 2.54. The quantitative estimate of drug-likeness (QED) is 0.573. The predicted octanol–water partition coefficient (Wildman–Crippen LogP) is 1.53. The van der Waals surface area contributed by atoms with Gasteiger partial charge >= 0.3 is 5.97 Å². The largest absolute Gasteiger partial charge is 0.461 e. The van der Waals surface area contributed by atoms with Crippen LogP contribution in [0.2, 0.25) is 0 Å². The highest BCUT2D eigenvalue weighted by Crippen LogP contribution is 2.33. The Hall–Kier alpha value is -1.93. The molecule has 0 aliphatic heterocycles. The highest BCUT2D eigenvalue weighted by atomic mass is 79.9. The van der Waals surface area contributed by atoms with Gasteiger partial charge in [-0.05, 0) is 51.3 Å². The van der Waals surface area contributed by atoms with Gasteiger partial charge in [0, 0.05) is 10.0 Å². The van der Waals surface area contributed by atoms with Gasteiger partial charge in [-0.1, -0.05) is 22.0 Å². The fourth-order valence-electron chi connectivity index (χ4n) is 2.63. The number of rotatable bonds is 7. The molecule has 7 nitrogen and oxygen atoms in total. The second-order valence-electron chi connectivity index (χ2n) is 6.60. The molecule has 0 radical (unpaired) electrons. The second kappa shape index (κ2) is 8.64. The summed E-state index contributed by atoms with van der Waals surface area (Å²) in [5.74, 6) is -1.59. The molecule has 1 atom stereocenters. The summed E-state index contributed by atoms with van der Waals surface area (Å²) in [6.07, 6.45) is 1.45. The number of benzene rings is 1. The molecule has 1 saturated carbocycles. The number of carbonyl (C=O) groups is 3. The molecule has 0 saturated heterocycles. The number of hydrogen-bond donors (Lipinski definition) is 3. The number of hydrogen-bond acceptors (Lipinski definition) is 5. The number of nitrogens with one attached hydrogen (secondary N) is 2. The summed E-state index contributed by atoms with van der Waals surface area (Å²) >= 11 is 3.27. The minimum atomic E-state index is -1.16. The van der Waals surface area contributed by atoms with Crippen LogP contribution >= 0.6 is 15.9 Å². The Bertz CT molecular complexity index is 688. The van der Waals surface area contributed by atoms with E-state index < -0.39 is 36.0 Å². The first-order valence-electron chi connectivity index (χ1n) is 8.48. The first-order valence-corrected chi connectivity index (χ1v) is 9.27. The maximum absolute atomic E-state index is 12.5. The van der Waals surface area contributed by atoms with Gasteiger partial charge in [0.1, 0.15) is 11.6 Å². The standard InChI is InChI=1S/C18H23BrN2O5/c1-11(2)26-17(25)18(7-4-8-18)21-16(24)14(10-22)20-15(23)12-5-3-6-13(19)9-12/h3,5-6,9,11,14,22H,4,7-8,10H2,1-2H3,(H,20,23)(H,21,24). The van der Waals surface area contributed by atoms with Crippen molar-refractivity contribution in [3.05, 3.63) is 34.3 Å². The van der Waals surface area contributed by atoms with E-state index in [4.69, 9.17) is 4.74 Å². The Labute approximate surface area is 160 Å². The van der Waals surface area contributed by atoms with Crippen LogP contribution in [-0.2, 0) is 14.3 Å². The number of amides is 2. The van der Waals surface area contributed by atoms with E-state index in [2.05, 4.69) is 26.6 Å². The molecule has 1 fully saturated rings. The van der Waals surface area contributed by atoms with E-state index in [0.29, 0.717) is 18.4 Å². The lowest BCUT2D eigenvalue weighted by Gasteiger charge is -2.40. The van der Waals surface area contributed by atoms with E-state index in [1.165, 1.54) is 0 Å². The summed E-state index contributed by atoms with van der Waals surface area (Å²) < 4.78 is 5.95. The summed E-state index contributed by atoms with van der Waals surface area (Å²) in [7, 11) is 0. The summed E-state index contributed by atoms with van der Waals surface area (Å²) in [6.45, 7) is 2.89. The van der Waals surface area contributed by atoms with Crippen molar-refractivity contribution in [1.29, 1.82) is 0 Å². The molecule has 0 aromatic heterocycles. The van der Waals surface area contributed by atoms with Crippen molar-refractivity contribution < 1.29 is 24.2 Å². The van der Waals surface area contributed by atoms with Gasteiger partial charge in [-0.3, -0.25) is 9.59 Å². The van der Waals surface area contributed by atoms with E-state index in [1.807, 2.05) is 0 Å². The third-order valence-corrected chi connectivity index (χ3v) is 4.69. The van der Waals surface area contributed by atoms with Crippen LogP contribution in [0.15, 0.2) is 28.7 Å². The minimum Gasteiger partial charge on any atom is -0.461 e. The molecule has 3 N–H and O–H groups in total. The van der Waals surface area contributed by atoms with Crippen molar-refractivity contribution in [3.63, 3.8) is 0 Å². The highest BCUT2D eigenvalue weighted by molar-refractivity contribution is 9.10. The lowest BCUT2D eigenvalue weighted by Crippen LogP contribution is -2.64. The zero-order valence-electron chi connectivity index (χ0n) is 14.8. The van der Waals surface area contributed by atoms with Gasteiger partial charge in [0.25, 0.3) is 5.91 Å². The van der Waals surface area contributed by atoms with Crippen molar-refractivity contribution >= 4 is 33.7 Å². The number of halogens is 1. The average molecular weight is 427 g/mol. The van der Waals surface area contributed by atoms with Crippen molar-refractivity contribution in [2.75, 3.05) is 6.61 Å². The van der Waals surface area contributed by atoms with Crippen molar-refractivity contribution in [2.45, 2.75) is 50.8 Å². The minimum absolute atomic E-state index is 0.290. The fourth-order valence-corrected chi connectivity index (χ4v) is 3.02. The maximum atomic E-state index is 12.5. The lowest BCUT2D eigenvalue weighted by molar-refractivity contribution is -0.162. The number of aliphatic hydroxyl groups is 1. The zero-order valence-corrected chi connectivity index (χ0v) is 16.3. The first-order chi connectivity index (χ1) is 12.3. The smallest absolute Gasteiger partial charge is 0.332 e. The van der Waals surface area contributed by atoms with E-state index in [-0.39, 0.29) is 6.10 Å². The summed E-state index contributed by atoms with van der Waals surface area (Å²) in [5, 5.41) is 14.7. The molecule has 2 amide bonds. The van der Waals surface area contributed by atoms with Gasteiger partial charge in [-0.15, -0.1) is 0 Å². The normalized spacial score (nSPS) is 16.3. The third kappa shape index (κ3) is 4.82. The first kappa shape index (κ1) is 20.4. The van der Waals surface area contributed by atoms with E-state index >= 15 is 0 Å². The van der Waals surface area contributed by atoms with Gasteiger partial charge in [-0.2, -0.15) is 0 Å². The molecule has 1 aromatic carbocycles. The van der Waals surface area contributed by atoms with Crippen LogP contribution in [0.1, 0.15) is 43.5 Å². The van der Waals surface area contributed by atoms with Gasteiger partial charge < -0.3 is 20.5 Å². The van der Waals surface area contributed by atoms with Crippen LogP contribution in [0, 0.1) is 0 Å². The second-order valence-corrected chi connectivity index (χ2v) is 7.51. The van der Waals surface area contributed by atoms with Crippen LogP contribution in [-0.4, -0.2) is 47.2 Å². The summed E-state index contributed by atoms with van der Waals surface area (Å²) in [6, 6.07) is 5.51. The third-order valence-electron chi connectivity index (χ3n) is 4.19. The number of esters is 1. The monoisotopic (exact) mass is 426 g/mol. The number of carbonyl (C=O) groups excluding carboxylic acids is 3. The predicted molar refractivity (Wildman–Crippen MR) is 98.4 cm³/mol. The molecule has 1 aliphatic carbocycles. The highest BCUT2D eigenvalue weighted by Gasteiger charge is 2.48. The number of aliphatic hydroxyl groups excluding tert-OH is 1. The van der Waals surface area contributed by atoms with Gasteiger partial charge in [0.2, 0.25) is 5.91 Å². The van der Waals surface area contributed by atoms with Crippen molar-refractivity contribution in [1.82, 2.24) is 10.6 Å². The van der Waals surface area contributed by atoms with Crippen LogP contribution in [0.4, 0.5) is 0 Å². The van der Waals surface area contributed by atoms with Crippen molar-refractivity contribution in [3.8, 4) is 0 Å². The van der Waals surface area contributed by atoms with E-state index in [0.717, 1.165) is 10.9 Å². The molecule has 8 heteroatoms. The Balaban J connectivity index is 2.03. The molecule has 2 rings (SSSR count). The zero-order chi connectivity index (χ0) is 19.3. The molecular formula is C18H23BrN2O5. The molecule has 142 valence electrons. The molecule has 1 aromatic rings. The van der Waals surface area contributed by atoms with Gasteiger partial charge in [0.05, 0.1) is 12.7 Å². The van der Waals surface area contributed by atoms with E-state index in [1.54, 1.807) is 38.1 Å². The summed E-state index contributed by atoms with van der Waals surface area (Å²) in [5.41, 5.74) is -0.724. The molecule has 0 bridgehead atoms. The lowest BCUT2D eigenvalue weighted by atomic mass is 9.76. The molecule has 26 heavy (non-hydrogen) atoms. The topological polar surface area (TPSA) is 105 Å². The Morgan fingerprint density at radius 1 is 1.31 bits per heavy atom. The Morgan fingerprint density at radius 3 is 2.50 bits per heavy atom.